The highest BCUT2D eigenvalue weighted by atomic mass is 32.2. The summed E-state index contributed by atoms with van der Waals surface area (Å²) in [6, 6.07) is 0. The molecule has 0 spiro atoms. The first-order valence-electron chi connectivity index (χ1n) is 5.57. The molecule has 2 unspecified atom stereocenters. The van der Waals surface area contributed by atoms with Crippen LogP contribution in [0, 0.1) is 5.92 Å². The Kier molecular flexibility index (Phi) is 3.98. The average molecular weight is 251 g/mol. The molecule has 0 radical (unpaired) electrons. The molecule has 2 aliphatic rings. The molecule has 0 aromatic heterocycles. The van der Waals surface area contributed by atoms with Crippen molar-refractivity contribution in [1.29, 1.82) is 0 Å². The predicted octanol–water partition coefficient (Wildman–Crippen LogP) is 4.59. The maximum absolute atomic E-state index is 3.99. The van der Waals surface area contributed by atoms with Crippen LogP contribution in [0.1, 0.15) is 26.7 Å². The Hall–Kier alpha value is -0.410. The zero-order valence-corrected chi connectivity index (χ0v) is 11.4. The Balaban J connectivity index is 2.36. The first-order valence-corrected chi connectivity index (χ1v) is 7.29. The molecule has 1 nitrogen and oxygen atoms in total. The number of hydrogen-bond acceptors (Lipinski definition) is 3. The van der Waals surface area contributed by atoms with E-state index in [-0.39, 0.29) is 0 Å². The Morgan fingerprint density at radius 3 is 3.06 bits per heavy atom. The van der Waals surface area contributed by atoms with Crippen molar-refractivity contribution in [1.82, 2.24) is 0 Å². The standard InChI is InChI=1S/C13H17NS2/c1-9-4-5-11-8-10(2)15-7-6-12(11)13(9)16-14-3/h6-8,10,12H,3-5H2,1-2H3. The van der Waals surface area contributed by atoms with Crippen molar-refractivity contribution in [3.63, 3.8) is 0 Å². The highest BCUT2D eigenvalue weighted by Crippen LogP contribution is 2.43. The fraction of sp³-hybridized carbons (Fsp3) is 0.462. The van der Waals surface area contributed by atoms with Crippen LogP contribution in [0.2, 0.25) is 0 Å². The van der Waals surface area contributed by atoms with Gasteiger partial charge in [-0.15, -0.1) is 11.8 Å². The molecule has 0 bridgehead atoms. The first kappa shape index (κ1) is 12.1. The van der Waals surface area contributed by atoms with Crippen LogP contribution in [-0.2, 0) is 0 Å². The average Bonchev–Trinajstić information content (AvgIpc) is 2.44. The molecule has 3 heteroatoms. The number of thioether (sulfide) groups is 1. The first-order chi connectivity index (χ1) is 7.72. The van der Waals surface area contributed by atoms with Crippen LogP contribution in [-0.4, -0.2) is 12.0 Å². The minimum absolute atomic E-state index is 0.460. The van der Waals surface area contributed by atoms with Crippen LogP contribution in [0.3, 0.4) is 0 Å². The summed E-state index contributed by atoms with van der Waals surface area (Å²) in [5.74, 6) is 0.460. The van der Waals surface area contributed by atoms with Gasteiger partial charge in [0, 0.05) is 28.0 Å². The van der Waals surface area contributed by atoms with E-state index < -0.39 is 0 Å². The fourth-order valence-corrected chi connectivity index (χ4v) is 3.72. The molecule has 0 aromatic rings. The van der Waals surface area contributed by atoms with E-state index in [0.717, 1.165) is 0 Å². The second kappa shape index (κ2) is 5.28. The lowest BCUT2D eigenvalue weighted by Gasteiger charge is -2.26. The van der Waals surface area contributed by atoms with Gasteiger partial charge in [-0.2, -0.15) is 0 Å². The molecular weight excluding hydrogens is 234 g/mol. The van der Waals surface area contributed by atoms with Crippen molar-refractivity contribution < 1.29 is 0 Å². The zero-order valence-electron chi connectivity index (χ0n) is 9.77. The lowest BCUT2D eigenvalue weighted by Crippen LogP contribution is -2.11. The van der Waals surface area contributed by atoms with Crippen LogP contribution in [0.5, 0.6) is 0 Å². The van der Waals surface area contributed by atoms with Gasteiger partial charge >= 0.3 is 0 Å². The van der Waals surface area contributed by atoms with Crippen LogP contribution < -0.4 is 0 Å². The summed E-state index contributed by atoms with van der Waals surface area (Å²) in [5, 5.41) is 2.83. The van der Waals surface area contributed by atoms with Crippen LogP contribution in [0.4, 0.5) is 0 Å². The largest absolute Gasteiger partial charge is 0.228 e. The SMILES string of the molecule is C=NSC1=C(C)CCC2=CC(C)SC=CC21. The Morgan fingerprint density at radius 1 is 1.50 bits per heavy atom. The monoisotopic (exact) mass is 251 g/mol. The van der Waals surface area contributed by atoms with Gasteiger partial charge in [-0.3, -0.25) is 0 Å². The maximum Gasteiger partial charge on any atom is 0.0314 e. The molecule has 16 heavy (non-hydrogen) atoms. The maximum atomic E-state index is 3.99. The molecule has 2 atom stereocenters. The van der Waals surface area contributed by atoms with Crippen molar-refractivity contribution in [3.05, 3.63) is 33.6 Å². The van der Waals surface area contributed by atoms with E-state index in [4.69, 9.17) is 0 Å². The second-order valence-corrected chi connectivity index (χ2v) is 6.42. The van der Waals surface area contributed by atoms with Gasteiger partial charge in [0.25, 0.3) is 0 Å². The summed E-state index contributed by atoms with van der Waals surface area (Å²) in [6.45, 7) is 8.08. The fourth-order valence-electron chi connectivity index (χ4n) is 2.24. The van der Waals surface area contributed by atoms with Crippen molar-refractivity contribution in [2.75, 3.05) is 0 Å². The minimum Gasteiger partial charge on any atom is -0.228 e. The molecule has 1 aliphatic carbocycles. The predicted molar refractivity (Wildman–Crippen MR) is 76.8 cm³/mol. The smallest absolute Gasteiger partial charge is 0.0314 e. The van der Waals surface area contributed by atoms with Gasteiger partial charge in [0.05, 0.1) is 0 Å². The normalized spacial score (nSPS) is 29.5. The third kappa shape index (κ3) is 2.46. The van der Waals surface area contributed by atoms with Crippen molar-refractivity contribution in [2.45, 2.75) is 31.9 Å². The Labute approximate surface area is 106 Å². The molecule has 1 aliphatic heterocycles. The van der Waals surface area contributed by atoms with Crippen LogP contribution >= 0.6 is 23.7 Å². The number of rotatable bonds is 2. The molecule has 0 amide bonds. The molecule has 86 valence electrons. The van der Waals surface area contributed by atoms with Gasteiger partial charge in [0.15, 0.2) is 0 Å². The third-order valence-electron chi connectivity index (χ3n) is 3.07. The summed E-state index contributed by atoms with van der Waals surface area (Å²) >= 11 is 3.44. The van der Waals surface area contributed by atoms with Gasteiger partial charge in [0.2, 0.25) is 0 Å². The molecule has 0 fully saturated rings. The topological polar surface area (TPSA) is 12.4 Å². The summed E-state index contributed by atoms with van der Waals surface area (Å²) in [6.07, 6.45) is 7.11. The lowest BCUT2D eigenvalue weighted by atomic mass is 9.85. The molecule has 0 saturated carbocycles. The molecule has 2 rings (SSSR count). The Bertz CT molecular complexity index is 379. The van der Waals surface area contributed by atoms with Crippen molar-refractivity contribution in [3.8, 4) is 0 Å². The second-order valence-electron chi connectivity index (χ2n) is 4.25. The van der Waals surface area contributed by atoms with Crippen molar-refractivity contribution >= 4 is 30.4 Å². The Morgan fingerprint density at radius 2 is 2.31 bits per heavy atom. The summed E-state index contributed by atoms with van der Waals surface area (Å²) in [4.78, 5) is 1.39. The summed E-state index contributed by atoms with van der Waals surface area (Å²) in [5.41, 5.74) is 3.04. The molecule has 0 N–H and O–H groups in total. The number of allylic oxidation sites excluding steroid dienone is 4. The van der Waals surface area contributed by atoms with E-state index >= 15 is 0 Å². The summed E-state index contributed by atoms with van der Waals surface area (Å²) < 4.78 is 3.99. The molecular formula is C13H17NS2. The number of hydrogen-bond donors (Lipinski definition) is 0. The molecule has 0 saturated heterocycles. The van der Waals surface area contributed by atoms with Crippen LogP contribution in [0.15, 0.2) is 38.0 Å². The van der Waals surface area contributed by atoms with Gasteiger partial charge in [0.1, 0.15) is 0 Å². The van der Waals surface area contributed by atoms with E-state index in [1.165, 1.54) is 23.3 Å². The van der Waals surface area contributed by atoms with Gasteiger partial charge in [-0.05, 0) is 38.8 Å². The molecule has 1 heterocycles. The summed E-state index contributed by atoms with van der Waals surface area (Å²) in [7, 11) is 0. The quantitative estimate of drug-likeness (QED) is 0.404. The van der Waals surface area contributed by atoms with E-state index in [0.29, 0.717) is 11.2 Å². The van der Waals surface area contributed by atoms with E-state index in [2.05, 4.69) is 42.5 Å². The van der Waals surface area contributed by atoms with Crippen molar-refractivity contribution in [2.24, 2.45) is 10.3 Å². The number of fused-ring (bicyclic) bond motifs is 1. The van der Waals surface area contributed by atoms with Crippen LogP contribution in [0.25, 0.3) is 0 Å². The van der Waals surface area contributed by atoms with Gasteiger partial charge < -0.3 is 0 Å². The highest BCUT2D eigenvalue weighted by Gasteiger charge is 2.25. The highest BCUT2D eigenvalue weighted by molar-refractivity contribution is 8.03. The van der Waals surface area contributed by atoms with E-state index in [1.807, 2.05) is 11.8 Å². The zero-order chi connectivity index (χ0) is 11.5. The minimum atomic E-state index is 0.460. The third-order valence-corrected chi connectivity index (χ3v) is 4.88. The van der Waals surface area contributed by atoms with E-state index in [1.54, 1.807) is 17.5 Å². The van der Waals surface area contributed by atoms with Gasteiger partial charge in [-0.1, -0.05) is 23.3 Å². The number of nitrogens with zero attached hydrogens (tertiary/aromatic N) is 1. The van der Waals surface area contributed by atoms with E-state index in [9.17, 15) is 0 Å². The molecule has 0 aromatic carbocycles. The van der Waals surface area contributed by atoms with Gasteiger partial charge in [-0.25, -0.2) is 4.40 Å². The lowest BCUT2D eigenvalue weighted by molar-refractivity contribution is 0.752.